The van der Waals surface area contributed by atoms with Crippen LogP contribution in [0, 0.1) is 0 Å². The van der Waals surface area contributed by atoms with Crippen molar-refractivity contribution in [3.8, 4) is 0 Å². The lowest BCUT2D eigenvalue weighted by Crippen LogP contribution is -2.07. The molecule has 100 valence electrons. The van der Waals surface area contributed by atoms with E-state index < -0.39 is 0 Å². The molecule has 20 heavy (non-hydrogen) atoms. The molecule has 0 aliphatic carbocycles. The molecule has 3 rings (SSSR count). The van der Waals surface area contributed by atoms with Crippen molar-refractivity contribution < 1.29 is 0 Å². The maximum atomic E-state index is 6.01. The summed E-state index contributed by atoms with van der Waals surface area (Å²) in [6.45, 7) is 2.12. The Hall–Kier alpha value is -2.13. The zero-order valence-corrected chi connectivity index (χ0v) is 11.8. The predicted octanol–water partition coefficient (Wildman–Crippen LogP) is 4.46. The second kappa shape index (κ2) is 5.47. The van der Waals surface area contributed by atoms with Gasteiger partial charge in [0.2, 0.25) is 0 Å². The topological polar surface area (TPSA) is 37.8 Å². The van der Waals surface area contributed by atoms with Crippen molar-refractivity contribution in [2.75, 3.05) is 5.32 Å². The first-order valence-corrected chi connectivity index (χ1v) is 6.82. The van der Waals surface area contributed by atoms with Gasteiger partial charge in [-0.15, -0.1) is 0 Å². The average molecular weight is 284 g/mol. The van der Waals surface area contributed by atoms with Crippen LogP contribution in [0.1, 0.15) is 18.5 Å². The van der Waals surface area contributed by atoms with Crippen molar-refractivity contribution in [1.82, 2.24) is 9.97 Å². The third kappa shape index (κ3) is 2.58. The standard InChI is InChI=1S/C16H14ClN3/c1-11(12-4-7-18-8-5-12)20-15-6-9-19-16-10-13(17)2-3-14(15)16/h2-11H,1H3,(H,19,20)/t11-/m0/s1. The van der Waals surface area contributed by atoms with Gasteiger partial charge in [-0.3, -0.25) is 9.97 Å². The number of aromatic nitrogens is 2. The van der Waals surface area contributed by atoms with Crippen LogP contribution in [0.4, 0.5) is 5.69 Å². The molecular weight excluding hydrogens is 270 g/mol. The molecule has 3 aromatic rings. The number of pyridine rings is 2. The summed E-state index contributed by atoms with van der Waals surface area (Å²) < 4.78 is 0. The molecule has 0 fully saturated rings. The zero-order chi connectivity index (χ0) is 13.9. The van der Waals surface area contributed by atoms with Gasteiger partial charge in [0.15, 0.2) is 0 Å². The van der Waals surface area contributed by atoms with Crippen LogP contribution in [0.25, 0.3) is 10.9 Å². The molecule has 0 saturated heterocycles. The van der Waals surface area contributed by atoms with Crippen molar-refractivity contribution in [3.63, 3.8) is 0 Å². The summed E-state index contributed by atoms with van der Waals surface area (Å²) in [5.74, 6) is 0. The third-order valence-electron chi connectivity index (χ3n) is 3.28. The summed E-state index contributed by atoms with van der Waals surface area (Å²) in [4.78, 5) is 8.39. The predicted molar refractivity (Wildman–Crippen MR) is 83.0 cm³/mol. The molecule has 0 bridgehead atoms. The van der Waals surface area contributed by atoms with E-state index in [1.165, 1.54) is 5.56 Å². The third-order valence-corrected chi connectivity index (χ3v) is 3.52. The summed E-state index contributed by atoms with van der Waals surface area (Å²) in [7, 11) is 0. The zero-order valence-electron chi connectivity index (χ0n) is 11.0. The van der Waals surface area contributed by atoms with Crippen LogP contribution in [-0.2, 0) is 0 Å². The highest BCUT2D eigenvalue weighted by Gasteiger charge is 2.08. The van der Waals surface area contributed by atoms with Crippen LogP contribution in [0.5, 0.6) is 0 Å². The number of rotatable bonds is 3. The van der Waals surface area contributed by atoms with E-state index in [2.05, 4.69) is 22.2 Å². The smallest absolute Gasteiger partial charge is 0.0737 e. The Bertz CT molecular complexity index is 728. The van der Waals surface area contributed by atoms with Gasteiger partial charge in [0.05, 0.1) is 5.52 Å². The Kier molecular flexibility index (Phi) is 3.52. The normalized spacial score (nSPS) is 12.3. The minimum atomic E-state index is 0.194. The van der Waals surface area contributed by atoms with Crippen molar-refractivity contribution in [3.05, 3.63) is 65.6 Å². The van der Waals surface area contributed by atoms with Gasteiger partial charge >= 0.3 is 0 Å². The summed E-state index contributed by atoms with van der Waals surface area (Å²) in [6.07, 6.45) is 5.40. The van der Waals surface area contributed by atoms with E-state index in [4.69, 9.17) is 11.6 Å². The fourth-order valence-electron chi connectivity index (χ4n) is 2.22. The van der Waals surface area contributed by atoms with Gasteiger partial charge < -0.3 is 5.32 Å². The van der Waals surface area contributed by atoms with Crippen molar-refractivity contribution in [1.29, 1.82) is 0 Å². The van der Waals surface area contributed by atoms with Crippen LogP contribution in [-0.4, -0.2) is 9.97 Å². The molecule has 0 spiro atoms. The molecule has 2 heterocycles. The largest absolute Gasteiger partial charge is 0.378 e. The number of hydrogen-bond acceptors (Lipinski definition) is 3. The van der Waals surface area contributed by atoms with E-state index in [1.807, 2.05) is 36.4 Å². The second-order valence-electron chi connectivity index (χ2n) is 4.67. The minimum Gasteiger partial charge on any atom is -0.378 e. The Morgan fingerprint density at radius 3 is 2.65 bits per heavy atom. The molecule has 1 atom stereocenters. The molecule has 0 radical (unpaired) electrons. The number of anilines is 1. The van der Waals surface area contributed by atoms with Crippen LogP contribution in [0.2, 0.25) is 5.02 Å². The van der Waals surface area contributed by atoms with E-state index in [1.54, 1.807) is 18.6 Å². The molecular formula is C16H14ClN3. The number of nitrogens with one attached hydrogen (secondary N) is 1. The molecule has 3 nitrogen and oxygen atoms in total. The first-order chi connectivity index (χ1) is 9.74. The minimum absolute atomic E-state index is 0.194. The highest BCUT2D eigenvalue weighted by molar-refractivity contribution is 6.31. The highest BCUT2D eigenvalue weighted by Crippen LogP contribution is 2.27. The fourth-order valence-corrected chi connectivity index (χ4v) is 2.38. The monoisotopic (exact) mass is 283 g/mol. The highest BCUT2D eigenvalue weighted by atomic mass is 35.5. The average Bonchev–Trinajstić information content (AvgIpc) is 2.48. The molecule has 4 heteroatoms. The first-order valence-electron chi connectivity index (χ1n) is 6.45. The lowest BCUT2D eigenvalue weighted by Gasteiger charge is -2.17. The molecule has 0 amide bonds. The lowest BCUT2D eigenvalue weighted by molar-refractivity contribution is 0.882. The quantitative estimate of drug-likeness (QED) is 0.771. The van der Waals surface area contributed by atoms with Crippen LogP contribution in [0.15, 0.2) is 55.0 Å². The van der Waals surface area contributed by atoms with Gasteiger partial charge in [-0.25, -0.2) is 0 Å². The summed E-state index contributed by atoms with van der Waals surface area (Å²) in [6, 6.07) is 11.9. The Morgan fingerprint density at radius 2 is 1.85 bits per heavy atom. The summed E-state index contributed by atoms with van der Waals surface area (Å²) in [5.41, 5.74) is 3.14. The maximum absolute atomic E-state index is 6.01. The summed E-state index contributed by atoms with van der Waals surface area (Å²) in [5, 5.41) is 5.28. The van der Waals surface area contributed by atoms with E-state index >= 15 is 0 Å². The Morgan fingerprint density at radius 1 is 1.05 bits per heavy atom. The van der Waals surface area contributed by atoms with E-state index in [9.17, 15) is 0 Å². The summed E-state index contributed by atoms with van der Waals surface area (Å²) >= 11 is 6.01. The van der Waals surface area contributed by atoms with E-state index in [0.29, 0.717) is 5.02 Å². The van der Waals surface area contributed by atoms with Gasteiger partial charge in [0, 0.05) is 40.7 Å². The molecule has 1 N–H and O–H groups in total. The van der Waals surface area contributed by atoms with Gasteiger partial charge in [0.25, 0.3) is 0 Å². The van der Waals surface area contributed by atoms with Crippen LogP contribution < -0.4 is 5.32 Å². The van der Waals surface area contributed by atoms with E-state index in [-0.39, 0.29) is 6.04 Å². The van der Waals surface area contributed by atoms with Crippen molar-refractivity contribution >= 4 is 28.2 Å². The van der Waals surface area contributed by atoms with Gasteiger partial charge in [0.1, 0.15) is 0 Å². The van der Waals surface area contributed by atoms with E-state index in [0.717, 1.165) is 16.6 Å². The molecule has 0 unspecified atom stereocenters. The van der Waals surface area contributed by atoms with Gasteiger partial charge in [-0.05, 0) is 48.9 Å². The van der Waals surface area contributed by atoms with Gasteiger partial charge in [-0.2, -0.15) is 0 Å². The lowest BCUT2D eigenvalue weighted by atomic mass is 10.1. The number of benzene rings is 1. The molecule has 0 saturated carbocycles. The molecule has 1 aromatic carbocycles. The fraction of sp³-hybridized carbons (Fsp3) is 0.125. The second-order valence-corrected chi connectivity index (χ2v) is 5.10. The number of hydrogen-bond donors (Lipinski definition) is 1. The maximum Gasteiger partial charge on any atom is 0.0737 e. The molecule has 0 aliphatic heterocycles. The number of halogens is 1. The molecule has 2 aromatic heterocycles. The van der Waals surface area contributed by atoms with Crippen LogP contribution in [0.3, 0.4) is 0 Å². The Labute approximate surface area is 122 Å². The number of fused-ring (bicyclic) bond motifs is 1. The SMILES string of the molecule is C[C@H](Nc1ccnc2cc(Cl)ccc12)c1ccncc1. The Balaban J connectivity index is 1.95. The van der Waals surface area contributed by atoms with Crippen molar-refractivity contribution in [2.45, 2.75) is 13.0 Å². The van der Waals surface area contributed by atoms with Crippen molar-refractivity contribution in [2.24, 2.45) is 0 Å². The number of nitrogens with zero attached hydrogens (tertiary/aromatic N) is 2. The van der Waals surface area contributed by atoms with Crippen LogP contribution >= 0.6 is 11.6 Å². The van der Waals surface area contributed by atoms with Gasteiger partial charge in [-0.1, -0.05) is 11.6 Å². The first kappa shape index (κ1) is 12.9. The molecule has 0 aliphatic rings.